The summed E-state index contributed by atoms with van der Waals surface area (Å²) in [7, 11) is 4.83. The molecule has 1 amide bonds. The number of rotatable bonds is 7. The molecular formula is C24H25NO6. The third kappa shape index (κ3) is 4.17. The van der Waals surface area contributed by atoms with Gasteiger partial charge in [-0.05, 0) is 66.1 Å². The normalized spacial score (nSPS) is 15.2. The molecule has 0 saturated carbocycles. The maximum Gasteiger partial charge on any atom is 0.290 e. The van der Waals surface area contributed by atoms with Gasteiger partial charge in [-0.2, -0.15) is 0 Å². The predicted molar refractivity (Wildman–Crippen MR) is 114 cm³/mol. The van der Waals surface area contributed by atoms with Gasteiger partial charge in [0.05, 0.1) is 33.6 Å². The van der Waals surface area contributed by atoms with Crippen molar-refractivity contribution < 1.29 is 28.2 Å². The fraction of sp³-hybridized carbons (Fsp3) is 0.292. The molecule has 1 aromatic heterocycles. The van der Waals surface area contributed by atoms with Gasteiger partial charge in [0.2, 0.25) is 0 Å². The summed E-state index contributed by atoms with van der Waals surface area (Å²) in [5.74, 6) is 2.86. The molecule has 2 heterocycles. The van der Waals surface area contributed by atoms with Crippen molar-refractivity contribution in [3.8, 4) is 23.0 Å². The van der Waals surface area contributed by atoms with Crippen LogP contribution in [0.5, 0.6) is 23.0 Å². The van der Waals surface area contributed by atoms with Crippen LogP contribution in [-0.2, 0) is 6.42 Å². The number of benzene rings is 2. The highest BCUT2D eigenvalue weighted by atomic mass is 16.5. The van der Waals surface area contributed by atoms with Crippen LogP contribution in [0.4, 0.5) is 0 Å². The summed E-state index contributed by atoms with van der Waals surface area (Å²) in [5.41, 5.74) is 2.07. The Morgan fingerprint density at radius 2 is 1.71 bits per heavy atom. The molecular weight excluding hydrogens is 398 g/mol. The maximum atomic E-state index is 13.2. The molecule has 1 aliphatic heterocycles. The van der Waals surface area contributed by atoms with Crippen molar-refractivity contribution >= 4 is 5.91 Å². The van der Waals surface area contributed by atoms with Gasteiger partial charge in [0.1, 0.15) is 18.1 Å². The summed E-state index contributed by atoms with van der Waals surface area (Å²) in [6, 6.07) is 14.3. The molecule has 0 radical (unpaired) electrons. The Labute approximate surface area is 181 Å². The number of furan rings is 1. The van der Waals surface area contributed by atoms with Crippen LogP contribution in [0.3, 0.4) is 0 Å². The van der Waals surface area contributed by atoms with Crippen LogP contribution in [0.15, 0.2) is 59.2 Å². The molecule has 31 heavy (non-hydrogen) atoms. The molecule has 4 rings (SSSR count). The first-order valence-corrected chi connectivity index (χ1v) is 10.0. The van der Waals surface area contributed by atoms with Gasteiger partial charge in [-0.15, -0.1) is 0 Å². The quantitative estimate of drug-likeness (QED) is 0.569. The lowest BCUT2D eigenvalue weighted by molar-refractivity contribution is 0.0557. The van der Waals surface area contributed by atoms with Gasteiger partial charge in [-0.3, -0.25) is 4.79 Å². The van der Waals surface area contributed by atoms with E-state index < -0.39 is 0 Å². The second-order valence-corrected chi connectivity index (χ2v) is 7.13. The Bertz CT molecular complexity index is 1030. The van der Waals surface area contributed by atoms with Gasteiger partial charge in [0.15, 0.2) is 17.3 Å². The minimum Gasteiger partial charge on any atom is -0.497 e. The molecule has 1 atom stereocenters. The van der Waals surface area contributed by atoms with Crippen molar-refractivity contribution in [2.75, 3.05) is 34.5 Å². The van der Waals surface area contributed by atoms with Crippen LogP contribution in [0.2, 0.25) is 0 Å². The zero-order chi connectivity index (χ0) is 21.8. The van der Waals surface area contributed by atoms with E-state index in [-0.39, 0.29) is 18.6 Å². The average molecular weight is 423 g/mol. The number of hydrogen-bond acceptors (Lipinski definition) is 6. The van der Waals surface area contributed by atoms with E-state index in [1.165, 1.54) is 6.26 Å². The summed E-state index contributed by atoms with van der Waals surface area (Å²) in [6.45, 7) is 0.819. The number of nitrogens with zero attached hydrogens (tertiary/aromatic N) is 1. The molecule has 2 aromatic carbocycles. The van der Waals surface area contributed by atoms with Crippen LogP contribution in [0, 0.1) is 0 Å². The highest BCUT2D eigenvalue weighted by Gasteiger charge is 2.34. The fourth-order valence-corrected chi connectivity index (χ4v) is 3.84. The molecule has 162 valence electrons. The van der Waals surface area contributed by atoms with Crippen LogP contribution >= 0.6 is 0 Å². The third-order valence-electron chi connectivity index (χ3n) is 5.46. The molecule has 7 nitrogen and oxygen atoms in total. The number of hydrogen-bond donors (Lipinski definition) is 0. The summed E-state index contributed by atoms with van der Waals surface area (Å²) in [6.07, 6.45) is 2.20. The first kappa shape index (κ1) is 20.7. The Kier molecular flexibility index (Phi) is 6.02. The molecule has 0 fully saturated rings. The first-order chi connectivity index (χ1) is 15.1. The van der Waals surface area contributed by atoms with E-state index in [9.17, 15) is 4.79 Å². The SMILES string of the molecule is COc1ccc(OC[C@@H]2c3cc(OC)c(OC)cc3CCN2C(=O)c2ccco2)cc1. The molecule has 0 aliphatic carbocycles. The van der Waals surface area contributed by atoms with Crippen molar-refractivity contribution in [1.29, 1.82) is 0 Å². The fourth-order valence-electron chi connectivity index (χ4n) is 3.84. The van der Waals surface area contributed by atoms with Gasteiger partial charge in [0.25, 0.3) is 5.91 Å². The van der Waals surface area contributed by atoms with E-state index in [0.717, 1.165) is 16.9 Å². The zero-order valence-corrected chi connectivity index (χ0v) is 17.8. The first-order valence-electron chi connectivity index (χ1n) is 10.0. The average Bonchev–Trinajstić information content (AvgIpc) is 3.36. The van der Waals surface area contributed by atoms with E-state index in [1.54, 1.807) is 38.4 Å². The monoisotopic (exact) mass is 423 g/mol. The van der Waals surface area contributed by atoms with Crippen LogP contribution in [-0.4, -0.2) is 45.3 Å². The van der Waals surface area contributed by atoms with E-state index in [0.29, 0.717) is 36.0 Å². The Hall–Kier alpha value is -3.61. The number of amides is 1. The maximum absolute atomic E-state index is 13.2. The molecule has 1 aliphatic rings. The Morgan fingerprint density at radius 3 is 2.35 bits per heavy atom. The third-order valence-corrected chi connectivity index (χ3v) is 5.46. The number of methoxy groups -OCH3 is 3. The van der Waals surface area contributed by atoms with Crippen LogP contribution < -0.4 is 18.9 Å². The van der Waals surface area contributed by atoms with Crippen molar-refractivity contribution in [3.05, 3.63) is 71.7 Å². The zero-order valence-electron chi connectivity index (χ0n) is 17.8. The highest BCUT2D eigenvalue weighted by molar-refractivity contribution is 5.92. The summed E-state index contributed by atoms with van der Waals surface area (Å²) in [4.78, 5) is 14.9. The van der Waals surface area contributed by atoms with Gasteiger partial charge in [-0.25, -0.2) is 0 Å². The summed E-state index contributed by atoms with van der Waals surface area (Å²) in [5, 5.41) is 0. The minimum absolute atomic E-state index is 0.172. The van der Waals surface area contributed by atoms with Crippen LogP contribution in [0.1, 0.15) is 27.7 Å². The van der Waals surface area contributed by atoms with Crippen molar-refractivity contribution in [1.82, 2.24) is 4.90 Å². The molecule has 0 saturated heterocycles. The van der Waals surface area contributed by atoms with Gasteiger partial charge in [0, 0.05) is 6.54 Å². The minimum atomic E-state index is -0.316. The van der Waals surface area contributed by atoms with Crippen molar-refractivity contribution in [2.45, 2.75) is 12.5 Å². The van der Waals surface area contributed by atoms with E-state index >= 15 is 0 Å². The standard InChI is InChI=1S/C24H25NO6/c1-27-17-6-8-18(9-7-17)31-15-20-19-14-23(29-3)22(28-2)13-16(19)10-11-25(20)24(26)21-5-4-12-30-21/h4-9,12-14,20H,10-11,15H2,1-3H3/t20-/m1/s1. The largest absolute Gasteiger partial charge is 0.497 e. The summed E-state index contributed by atoms with van der Waals surface area (Å²) < 4.78 is 27.6. The van der Waals surface area contributed by atoms with E-state index in [4.69, 9.17) is 23.4 Å². The lowest BCUT2D eigenvalue weighted by Crippen LogP contribution is -2.42. The Balaban J connectivity index is 1.67. The Morgan fingerprint density at radius 1 is 1.00 bits per heavy atom. The smallest absolute Gasteiger partial charge is 0.290 e. The second kappa shape index (κ2) is 9.04. The lowest BCUT2D eigenvalue weighted by atomic mass is 9.92. The summed E-state index contributed by atoms with van der Waals surface area (Å²) >= 11 is 0. The molecule has 7 heteroatoms. The van der Waals surface area contributed by atoms with Crippen molar-refractivity contribution in [2.24, 2.45) is 0 Å². The molecule has 0 bridgehead atoms. The second-order valence-electron chi connectivity index (χ2n) is 7.13. The molecule has 0 N–H and O–H groups in total. The lowest BCUT2D eigenvalue weighted by Gasteiger charge is -2.37. The number of ether oxygens (including phenoxy) is 4. The van der Waals surface area contributed by atoms with Gasteiger partial charge < -0.3 is 28.3 Å². The van der Waals surface area contributed by atoms with Gasteiger partial charge in [-0.1, -0.05) is 0 Å². The number of carbonyl (C=O) groups is 1. The van der Waals surface area contributed by atoms with Gasteiger partial charge >= 0.3 is 0 Å². The van der Waals surface area contributed by atoms with Crippen LogP contribution in [0.25, 0.3) is 0 Å². The van der Waals surface area contributed by atoms with E-state index in [2.05, 4.69) is 0 Å². The predicted octanol–water partition coefficient (Wildman–Crippen LogP) is 4.12. The number of fused-ring (bicyclic) bond motifs is 1. The highest BCUT2D eigenvalue weighted by Crippen LogP contribution is 2.39. The topological polar surface area (TPSA) is 70.4 Å². The number of carbonyl (C=O) groups excluding carboxylic acids is 1. The molecule has 0 spiro atoms. The molecule has 3 aromatic rings. The molecule has 0 unspecified atom stereocenters. The van der Waals surface area contributed by atoms with Crippen molar-refractivity contribution in [3.63, 3.8) is 0 Å². The van der Waals surface area contributed by atoms with E-state index in [1.807, 2.05) is 36.4 Å².